The number of nitrogens with two attached hydrogens (primary N) is 1. The normalized spacial score (nSPS) is 13.8. The lowest BCUT2D eigenvalue weighted by molar-refractivity contribution is -0.142. The van der Waals surface area contributed by atoms with Crippen molar-refractivity contribution in [2.75, 3.05) is 6.61 Å². The van der Waals surface area contributed by atoms with Crippen molar-refractivity contribution in [1.29, 1.82) is 0 Å². The number of esters is 1. The molecule has 13 heavy (non-hydrogen) atoms. The van der Waals surface area contributed by atoms with Gasteiger partial charge in [0.15, 0.2) is 5.25 Å². The Morgan fingerprint density at radius 2 is 2.00 bits per heavy atom. The van der Waals surface area contributed by atoms with Crippen LogP contribution in [0, 0.1) is 0 Å². The van der Waals surface area contributed by atoms with E-state index in [1.165, 1.54) is 0 Å². The Kier molecular flexibility index (Phi) is 4.94. The summed E-state index contributed by atoms with van der Waals surface area (Å²) in [6, 6.07) is 0. The zero-order valence-corrected chi connectivity index (χ0v) is 8.63. The molecule has 0 aromatic rings. The topological polar surface area (TPSA) is 86.5 Å². The Hall–Kier alpha value is -0.620. The van der Waals surface area contributed by atoms with Gasteiger partial charge in [0.05, 0.1) is 6.61 Å². The highest BCUT2D eigenvalue weighted by molar-refractivity contribution is 7.90. The number of sulfonamides is 1. The quantitative estimate of drug-likeness (QED) is 0.646. The lowest BCUT2D eigenvalue weighted by Gasteiger charge is -2.11. The van der Waals surface area contributed by atoms with E-state index in [2.05, 4.69) is 4.74 Å². The van der Waals surface area contributed by atoms with Crippen molar-refractivity contribution in [3.8, 4) is 0 Å². The van der Waals surface area contributed by atoms with Gasteiger partial charge in [-0.2, -0.15) is 0 Å². The van der Waals surface area contributed by atoms with Crippen LogP contribution in [0.15, 0.2) is 0 Å². The second-order valence-electron chi connectivity index (χ2n) is 2.62. The summed E-state index contributed by atoms with van der Waals surface area (Å²) >= 11 is 0. The van der Waals surface area contributed by atoms with Crippen LogP contribution >= 0.6 is 0 Å². The Labute approximate surface area is 78.3 Å². The summed E-state index contributed by atoms with van der Waals surface area (Å²) in [5, 5.41) is 3.66. The van der Waals surface area contributed by atoms with E-state index in [4.69, 9.17) is 5.14 Å². The van der Waals surface area contributed by atoms with Crippen LogP contribution in [0.5, 0.6) is 0 Å². The number of hydrogen-bond donors (Lipinski definition) is 1. The van der Waals surface area contributed by atoms with Gasteiger partial charge in [-0.05, 0) is 13.3 Å². The molecular formula is C7H15NO4S. The first-order valence-corrected chi connectivity index (χ1v) is 5.72. The Morgan fingerprint density at radius 3 is 2.31 bits per heavy atom. The van der Waals surface area contributed by atoms with Gasteiger partial charge in [0.2, 0.25) is 10.0 Å². The summed E-state index contributed by atoms with van der Waals surface area (Å²) in [6.07, 6.45) is 0.775. The summed E-state index contributed by atoms with van der Waals surface area (Å²) in [7, 11) is -3.82. The smallest absolute Gasteiger partial charge is 0.325 e. The Morgan fingerprint density at radius 1 is 1.46 bits per heavy atom. The molecule has 0 bridgehead atoms. The van der Waals surface area contributed by atoms with Crippen LogP contribution in [0.25, 0.3) is 0 Å². The lowest BCUT2D eigenvalue weighted by Crippen LogP contribution is -2.36. The van der Waals surface area contributed by atoms with Crippen LogP contribution in [-0.2, 0) is 19.6 Å². The fourth-order valence-electron chi connectivity index (χ4n) is 0.914. The minimum absolute atomic E-state index is 0.161. The molecule has 0 spiro atoms. The zero-order valence-electron chi connectivity index (χ0n) is 7.82. The number of carbonyl (C=O) groups excluding carboxylic acids is 1. The van der Waals surface area contributed by atoms with Gasteiger partial charge in [0.25, 0.3) is 0 Å². The maximum absolute atomic E-state index is 11.1. The molecule has 5 nitrogen and oxygen atoms in total. The van der Waals surface area contributed by atoms with Crippen molar-refractivity contribution in [2.45, 2.75) is 31.9 Å². The van der Waals surface area contributed by atoms with Crippen molar-refractivity contribution in [1.82, 2.24) is 0 Å². The first-order valence-electron chi connectivity index (χ1n) is 4.11. The SMILES string of the molecule is CCC[C@@H](C(=O)OCC)S(N)(=O)=O. The fraction of sp³-hybridized carbons (Fsp3) is 0.857. The fourth-order valence-corrected chi connectivity index (χ4v) is 1.81. The molecule has 0 aromatic heterocycles. The van der Waals surface area contributed by atoms with Crippen LogP contribution in [0.4, 0.5) is 0 Å². The molecule has 0 saturated carbocycles. The zero-order chi connectivity index (χ0) is 10.5. The van der Waals surface area contributed by atoms with Crippen molar-refractivity contribution in [3.63, 3.8) is 0 Å². The molecule has 6 heteroatoms. The van der Waals surface area contributed by atoms with Crippen LogP contribution in [0.3, 0.4) is 0 Å². The third-order valence-electron chi connectivity index (χ3n) is 1.50. The maximum atomic E-state index is 11.1. The monoisotopic (exact) mass is 209 g/mol. The van der Waals surface area contributed by atoms with Gasteiger partial charge in [-0.25, -0.2) is 13.6 Å². The third kappa shape index (κ3) is 4.23. The highest BCUT2D eigenvalue weighted by atomic mass is 32.2. The van der Waals surface area contributed by atoms with E-state index < -0.39 is 21.2 Å². The Bertz CT molecular complexity index is 260. The maximum Gasteiger partial charge on any atom is 0.325 e. The molecule has 0 aromatic carbocycles. The predicted octanol–water partition coefficient (Wildman–Crippen LogP) is 0.00670. The molecule has 0 unspecified atom stereocenters. The van der Waals surface area contributed by atoms with Crippen molar-refractivity contribution < 1.29 is 17.9 Å². The second kappa shape index (κ2) is 5.18. The first kappa shape index (κ1) is 12.4. The summed E-state index contributed by atoms with van der Waals surface area (Å²) in [4.78, 5) is 11.1. The van der Waals surface area contributed by atoms with Crippen molar-refractivity contribution in [3.05, 3.63) is 0 Å². The van der Waals surface area contributed by atoms with Gasteiger partial charge in [-0.15, -0.1) is 0 Å². The second-order valence-corrected chi connectivity index (χ2v) is 4.37. The van der Waals surface area contributed by atoms with Gasteiger partial charge in [-0.1, -0.05) is 13.3 Å². The number of rotatable bonds is 5. The predicted molar refractivity (Wildman–Crippen MR) is 48.4 cm³/mol. The molecule has 2 N–H and O–H groups in total. The van der Waals surface area contributed by atoms with Crippen molar-refractivity contribution >= 4 is 16.0 Å². The van der Waals surface area contributed by atoms with E-state index in [0.29, 0.717) is 6.42 Å². The molecule has 0 aliphatic heterocycles. The minimum atomic E-state index is -3.82. The van der Waals surface area contributed by atoms with Gasteiger partial charge in [0.1, 0.15) is 0 Å². The number of hydrogen-bond acceptors (Lipinski definition) is 4. The molecule has 0 heterocycles. The molecule has 0 amide bonds. The van der Waals surface area contributed by atoms with Crippen LogP contribution < -0.4 is 5.14 Å². The lowest BCUT2D eigenvalue weighted by atomic mass is 10.2. The molecule has 0 aliphatic rings. The van der Waals surface area contributed by atoms with Crippen LogP contribution in [-0.4, -0.2) is 26.2 Å². The largest absolute Gasteiger partial charge is 0.465 e. The van der Waals surface area contributed by atoms with E-state index >= 15 is 0 Å². The highest BCUT2D eigenvalue weighted by Gasteiger charge is 2.29. The van der Waals surface area contributed by atoms with Gasteiger partial charge >= 0.3 is 5.97 Å². The van der Waals surface area contributed by atoms with Gasteiger partial charge in [0, 0.05) is 0 Å². The summed E-state index contributed by atoms with van der Waals surface area (Å²) in [6.45, 7) is 3.55. The summed E-state index contributed by atoms with van der Waals surface area (Å²) in [5.41, 5.74) is 0. The van der Waals surface area contributed by atoms with Crippen molar-refractivity contribution in [2.24, 2.45) is 5.14 Å². The van der Waals surface area contributed by atoms with Gasteiger partial charge in [-0.3, -0.25) is 4.79 Å². The molecule has 78 valence electrons. The number of carbonyl (C=O) groups is 1. The molecule has 0 aliphatic carbocycles. The minimum Gasteiger partial charge on any atom is -0.465 e. The third-order valence-corrected chi connectivity index (χ3v) is 2.72. The Balaban J connectivity index is 4.52. The standard InChI is InChI=1S/C7H15NO4S/c1-3-5-6(13(8,10)11)7(9)12-4-2/h6H,3-5H2,1-2H3,(H2,8,10,11)/t6-/m0/s1. The van der Waals surface area contributed by atoms with E-state index in [1.807, 2.05) is 0 Å². The van der Waals surface area contributed by atoms with Gasteiger partial charge < -0.3 is 4.74 Å². The van der Waals surface area contributed by atoms with E-state index in [9.17, 15) is 13.2 Å². The first-order chi connectivity index (χ1) is 5.93. The summed E-state index contributed by atoms with van der Waals surface area (Å²) in [5.74, 6) is -0.758. The van der Waals surface area contributed by atoms with E-state index in [1.54, 1.807) is 13.8 Å². The average Bonchev–Trinajstić information content (AvgIpc) is 1.98. The average molecular weight is 209 g/mol. The molecule has 0 fully saturated rings. The van der Waals surface area contributed by atoms with E-state index in [0.717, 1.165) is 0 Å². The van der Waals surface area contributed by atoms with Crippen LogP contribution in [0.2, 0.25) is 0 Å². The highest BCUT2D eigenvalue weighted by Crippen LogP contribution is 2.07. The molecule has 0 rings (SSSR count). The molecule has 1 atom stereocenters. The molecule has 0 saturated heterocycles. The number of primary sulfonamides is 1. The summed E-state index contributed by atoms with van der Waals surface area (Å²) < 4.78 is 26.4. The molecule has 0 radical (unpaired) electrons. The van der Waals surface area contributed by atoms with Crippen LogP contribution in [0.1, 0.15) is 26.7 Å². The number of ether oxygens (including phenoxy) is 1. The van der Waals surface area contributed by atoms with E-state index in [-0.39, 0.29) is 13.0 Å². The molecular weight excluding hydrogens is 194 g/mol.